The van der Waals surface area contributed by atoms with Gasteiger partial charge in [0, 0.05) is 5.56 Å². The van der Waals surface area contributed by atoms with Gasteiger partial charge in [-0.05, 0) is 18.1 Å². The number of ketones is 1. The lowest BCUT2D eigenvalue weighted by molar-refractivity contribution is -0.0885. The summed E-state index contributed by atoms with van der Waals surface area (Å²) in [6.45, 7) is 1.94. The third-order valence-electron chi connectivity index (χ3n) is 2.76. The second-order valence-electron chi connectivity index (χ2n) is 4.27. The van der Waals surface area contributed by atoms with E-state index in [1.807, 2.05) is 31.2 Å². The van der Waals surface area contributed by atoms with Gasteiger partial charge in [0.15, 0.2) is 0 Å². The summed E-state index contributed by atoms with van der Waals surface area (Å²) in [6.07, 6.45) is -4.83. The van der Waals surface area contributed by atoms with E-state index >= 15 is 0 Å². The van der Waals surface area contributed by atoms with E-state index < -0.39 is 12.0 Å². The summed E-state index contributed by atoms with van der Waals surface area (Å²) < 4.78 is 36.8. The molecule has 0 amide bonds. The Hall–Kier alpha value is -2.10. The average Bonchev–Trinajstić information content (AvgIpc) is 2.37. The topological polar surface area (TPSA) is 17.1 Å². The zero-order valence-electron chi connectivity index (χ0n) is 10.2. The van der Waals surface area contributed by atoms with Gasteiger partial charge in [0.1, 0.15) is 0 Å². The largest absolute Gasteiger partial charge is 0.454 e. The number of halogens is 3. The molecule has 0 aliphatic rings. The smallest absolute Gasteiger partial charge is 0.284 e. The number of hydrogen-bond acceptors (Lipinski definition) is 1. The maximum absolute atomic E-state index is 12.3. The molecule has 4 heteroatoms. The van der Waals surface area contributed by atoms with E-state index in [1.54, 1.807) is 0 Å². The minimum atomic E-state index is -4.83. The lowest BCUT2D eigenvalue weighted by Crippen LogP contribution is -2.22. The standard InChI is InChI=1S/C15H11F3O/c1-10-3-2-4-13(9-10)11-5-7-12(8-6-11)14(19)15(16,17)18/h2-9H,1H3. The van der Waals surface area contributed by atoms with E-state index in [4.69, 9.17) is 0 Å². The summed E-state index contributed by atoms with van der Waals surface area (Å²) in [5.74, 6) is -1.82. The Morgan fingerprint density at radius 1 is 0.947 bits per heavy atom. The van der Waals surface area contributed by atoms with Crippen molar-refractivity contribution in [3.8, 4) is 11.1 Å². The maximum Gasteiger partial charge on any atom is 0.454 e. The van der Waals surface area contributed by atoms with Crippen LogP contribution in [0.25, 0.3) is 11.1 Å². The van der Waals surface area contributed by atoms with Crippen molar-refractivity contribution < 1.29 is 18.0 Å². The monoisotopic (exact) mass is 264 g/mol. The highest BCUT2D eigenvalue weighted by molar-refractivity contribution is 6.00. The predicted molar refractivity (Wildman–Crippen MR) is 67.0 cm³/mol. The molecule has 0 aromatic heterocycles. The molecule has 0 unspecified atom stereocenters. The molecule has 0 aliphatic carbocycles. The van der Waals surface area contributed by atoms with Gasteiger partial charge < -0.3 is 0 Å². The van der Waals surface area contributed by atoms with Crippen LogP contribution in [-0.4, -0.2) is 12.0 Å². The number of benzene rings is 2. The van der Waals surface area contributed by atoms with E-state index in [2.05, 4.69) is 0 Å². The van der Waals surface area contributed by atoms with E-state index in [9.17, 15) is 18.0 Å². The summed E-state index contributed by atoms with van der Waals surface area (Å²) in [5, 5.41) is 0. The fraction of sp³-hybridized carbons (Fsp3) is 0.133. The number of carbonyl (C=O) groups is 1. The van der Waals surface area contributed by atoms with Crippen LogP contribution in [0.2, 0.25) is 0 Å². The van der Waals surface area contributed by atoms with Gasteiger partial charge in [-0.2, -0.15) is 13.2 Å². The zero-order valence-corrected chi connectivity index (χ0v) is 10.2. The first-order chi connectivity index (χ1) is 8.88. The number of alkyl halides is 3. The van der Waals surface area contributed by atoms with Crippen molar-refractivity contribution in [2.24, 2.45) is 0 Å². The van der Waals surface area contributed by atoms with Crippen LogP contribution in [-0.2, 0) is 0 Å². The molecule has 0 atom stereocenters. The Kier molecular flexibility index (Phi) is 3.42. The Bertz CT molecular complexity index is 598. The lowest BCUT2D eigenvalue weighted by atomic mass is 10.0. The van der Waals surface area contributed by atoms with Gasteiger partial charge in [-0.3, -0.25) is 4.79 Å². The summed E-state index contributed by atoms with van der Waals surface area (Å²) in [7, 11) is 0. The molecule has 0 spiro atoms. The quantitative estimate of drug-likeness (QED) is 0.734. The number of aryl methyl sites for hydroxylation is 1. The van der Waals surface area contributed by atoms with E-state index in [1.165, 1.54) is 24.3 Å². The highest BCUT2D eigenvalue weighted by Crippen LogP contribution is 2.25. The van der Waals surface area contributed by atoms with Crippen LogP contribution < -0.4 is 0 Å². The molecule has 0 heterocycles. The van der Waals surface area contributed by atoms with Crippen LogP contribution in [0.4, 0.5) is 13.2 Å². The van der Waals surface area contributed by atoms with Crippen molar-refractivity contribution >= 4 is 5.78 Å². The number of carbonyl (C=O) groups excluding carboxylic acids is 1. The van der Waals surface area contributed by atoms with Gasteiger partial charge in [0.05, 0.1) is 0 Å². The zero-order chi connectivity index (χ0) is 14.0. The SMILES string of the molecule is Cc1cccc(-c2ccc(C(=O)C(F)(F)F)cc2)c1. The fourth-order valence-corrected chi connectivity index (χ4v) is 1.80. The van der Waals surface area contributed by atoms with Crippen molar-refractivity contribution in [2.45, 2.75) is 13.1 Å². The van der Waals surface area contributed by atoms with Crippen LogP contribution in [0.1, 0.15) is 15.9 Å². The van der Waals surface area contributed by atoms with Crippen molar-refractivity contribution in [3.05, 3.63) is 59.7 Å². The summed E-state index contributed by atoms with van der Waals surface area (Å²) >= 11 is 0. The molecule has 2 aromatic rings. The highest BCUT2D eigenvalue weighted by Gasteiger charge is 2.39. The van der Waals surface area contributed by atoms with Crippen LogP contribution in [0.3, 0.4) is 0 Å². The van der Waals surface area contributed by atoms with E-state index in [0.717, 1.165) is 16.7 Å². The van der Waals surface area contributed by atoms with Crippen LogP contribution in [0.15, 0.2) is 48.5 Å². The highest BCUT2D eigenvalue weighted by atomic mass is 19.4. The van der Waals surface area contributed by atoms with Crippen LogP contribution >= 0.6 is 0 Å². The predicted octanol–water partition coefficient (Wildman–Crippen LogP) is 4.41. The Morgan fingerprint density at radius 2 is 1.58 bits per heavy atom. The molecule has 0 saturated carbocycles. The Balaban J connectivity index is 2.31. The van der Waals surface area contributed by atoms with Gasteiger partial charge in [-0.1, -0.05) is 54.1 Å². The van der Waals surface area contributed by atoms with Crippen molar-refractivity contribution in [2.75, 3.05) is 0 Å². The Morgan fingerprint density at radius 3 is 2.11 bits per heavy atom. The van der Waals surface area contributed by atoms with Crippen LogP contribution in [0, 0.1) is 6.92 Å². The van der Waals surface area contributed by atoms with Crippen molar-refractivity contribution in [1.82, 2.24) is 0 Å². The van der Waals surface area contributed by atoms with Crippen molar-refractivity contribution in [3.63, 3.8) is 0 Å². The molecule has 0 saturated heterocycles. The minimum Gasteiger partial charge on any atom is -0.284 e. The van der Waals surface area contributed by atoms with E-state index in [-0.39, 0.29) is 5.56 Å². The van der Waals surface area contributed by atoms with Gasteiger partial charge in [-0.15, -0.1) is 0 Å². The normalized spacial score (nSPS) is 11.4. The molecule has 0 bridgehead atoms. The van der Waals surface area contributed by atoms with Crippen molar-refractivity contribution in [1.29, 1.82) is 0 Å². The van der Waals surface area contributed by atoms with Gasteiger partial charge in [-0.25, -0.2) is 0 Å². The lowest BCUT2D eigenvalue weighted by Gasteiger charge is -2.07. The average molecular weight is 264 g/mol. The van der Waals surface area contributed by atoms with Gasteiger partial charge in [0.25, 0.3) is 5.78 Å². The number of hydrogen-bond donors (Lipinski definition) is 0. The maximum atomic E-state index is 12.3. The summed E-state index contributed by atoms with van der Waals surface area (Å²) in [6, 6.07) is 13.1. The molecule has 0 aliphatic heterocycles. The number of rotatable bonds is 2. The fourth-order valence-electron chi connectivity index (χ4n) is 1.80. The third kappa shape index (κ3) is 3.02. The molecule has 0 fully saturated rings. The first-order valence-electron chi connectivity index (χ1n) is 5.66. The molecular weight excluding hydrogens is 253 g/mol. The molecule has 0 N–H and O–H groups in total. The molecule has 2 aromatic carbocycles. The molecule has 98 valence electrons. The van der Waals surface area contributed by atoms with Crippen LogP contribution in [0.5, 0.6) is 0 Å². The van der Waals surface area contributed by atoms with E-state index in [0.29, 0.717) is 0 Å². The molecular formula is C15H11F3O. The third-order valence-corrected chi connectivity index (χ3v) is 2.76. The molecule has 0 radical (unpaired) electrons. The molecule has 19 heavy (non-hydrogen) atoms. The second-order valence-corrected chi connectivity index (χ2v) is 4.27. The van der Waals surface area contributed by atoms with Gasteiger partial charge >= 0.3 is 6.18 Å². The first-order valence-corrected chi connectivity index (χ1v) is 5.66. The van der Waals surface area contributed by atoms with Gasteiger partial charge in [0.2, 0.25) is 0 Å². The Labute approximate surface area is 108 Å². The first kappa shape index (κ1) is 13.3. The molecule has 2 rings (SSSR count). The molecule has 1 nitrogen and oxygen atoms in total. The number of Topliss-reactive ketones (excluding diaryl/α,β-unsaturated/α-hetero) is 1. The summed E-state index contributed by atoms with van der Waals surface area (Å²) in [5.41, 5.74) is 2.41. The second kappa shape index (κ2) is 4.88. The minimum absolute atomic E-state index is 0.344. The summed E-state index contributed by atoms with van der Waals surface area (Å²) in [4.78, 5) is 11.0.